The van der Waals surface area contributed by atoms with Crippen LogP contribution in [0.4, 0.5) is 10.5 Å². The van der Waals surface area contributed by atoms with Crippen LogP contribution >= 0.6 is 0 Å². The number of amides is 1. The molecule has 1 aromatic rings. The van der Waals surface area contributed by atoms with Crippen LogP contribution in [0.25, 0.3) is 0 Å². The van der Waals surface area contributed by atoms with Crippen LogP contribution in [0, 0.1) is 0 Å². The van der Waals surface area contributed by atoms with Crippen molar-refractivity contribution >= 4 is 17.7 Å². The van der Waals surface area contributed by atoms with Crippen molar-refractivity contribution in [2.45, 2.75) is 50.7 Å². The fourth-order valence-electron chi connectivity index (χ4n) is 3.36. The number of carboxylic acid groups (broad SMARTS) is 1. The number of ether oxygens (including phenoxy) is 1. The van der Waals surface area contributed by atoms with E-state index in [-0.39, 0.29) is 5.92 Å². The second kappa shape index (κ2) is 4.23. The normalized spacial score (nSPS) is 26.6. The molecule has 3 rings (SSSR count). The molecule has 1 aromatic carbocycles. The summed E-state index contributed by atoms with van der Waals surface area (Å²) in [5.74, 6) is -1.10. The second-order valence-electron chi connectivity index (χ2n) is 6.70. The Bertz CT molecular complexity index is 619. The van der Waals surface area contributed by atoms with Crippen molar-refractivity contribution in [1.82, 2.24) is 0 Å². The van der Waals surface area contributed by atoms with Crippen LogP contribution in [-0.2, 0) is 9.53 Å². The Labute approximate surface area is 123 Å². The average Bonchev–Trinajstić information content (AvgIpc) is 2.52. The van der Waals surface area contributed by atoms with Crippen LogP contribution in [0.3, 0.4) is 0 Å². The topological polar surface area (TPSA) is 66.8 Å². The molecule has 1 fully saturated rings. The number of anilines is 1. The quantitative estimate of drug-likeness (QED) is 0.862. The number of hydrogen-bond donors (Lipinski definition) is 1. The van der Waals surface area contributed by atoms with Crippen molar-refractivity contribution in [3.05, 3.63) is 29.8 Å². The molecule has 0 saturated heterocycles. The van der Waals surface area contributed by atoms with Gasteiger partial charge in [0, 0.05) is 5.92 Å². The molecule has 1 N–H and O–H groups in total. The zero-order valence-corrected chi connectivity index (χ0v) is 12.4. The molecule has 0 bridgehead atoms. The lowest BCUT2D eigenvalue weighted by Crippen LogP contribution is -2.63. The van der Waals surface area contributed by atoms with Crippen LogP contribution < -0.4 is 4.90 Å². The number of benzene rings is 1. The molecule has 5 heteroatoms. The van der Waals surface area contributed by atoms with Crippen molar-refractivity contribution in [2.24, 2.45) is 0 Å². The molecule has 2 atom stereocenters. The third kappa shape index (κ3) is 1.83. The van der Waals surface area contributed by atoms with Gasteiger partial charge in [-0.3, -0.25) is 4.90 Å². The van der Waals surface area contributed by atoms with Gasteiger partial charge in [-0.05, 0) is 45.2 Å². The minimum atomic E-state index is -1.17. The number of carboxylic acids is 1. The average molecular weight is 289 g/mol. The number of carbonyl (C=O) groups excluding carboxylic acids is 1. The molecule has 1 saturated carbocycles. The number of para-hydroxylation sites is 1. The van der Waals surface area contributed by atoms with Crippen molar-refractivity contribution in [3.8, 4) is 0 Å². The van der Waals surface area contributed by atoms with Gasteiger partial charge in [-0.2, -0.15) is 0 Å². The van der Waals surface area contributed by atoms with Crippen LogP contribution in [0.2, 0.25) is 0 Å². The number of fused-ring (bicyclic) bond motifs is 3. The maximum atomic E-state index is 12.6. The van der Waals surface area contributed by atoms with Crippen molar-refractivity contribution in [1.29, 1.82) is 0 Å². The molecular weight excluding hydrogens is 270 g/mol. The summed E-state index contributed by atoms with van der Waals surface area (Å²) >= 11 is 0. The summed E-state index contributed by atoms with van der Waals surface area (Å²) in [6, 6.07) is 7.39. The van der Waals surface area contributed by atoms with E-state index in [9.17, 15) is 14.7 Å². The number of rotatable bonds is 1. The maximum Gasteiger partial charge on any atom is 0.415 e. The standard InChI is InChI=1S/C16H19NO4/c1-15(2,3)21-14(20)17-12-7-5-4-6-10(12)11-8-9-16(11,17)13(18)19/h4-7,11H,8-9H2,1-3H3,(H,18,19). The summed E-state index contributed by atoms with van der Waals surface area (Å²) in [6.45, 7) is 5.33. The zero-order chi connectivity index (χ0) is 15.4. The van der Waals surface area contributed by atoms with E-state index < -0.39 is 23.2 Å². The summed E-state index contributed by atoms with van der Waals surface area (Å²) in [5, 5.41) is 9.73. The lowest BCUT2D eigenvalue weighted by Gasteiger charge is -2.46. The highest BCUT2D eigenvalue weighted by molar-refractivity contribution is 6.03. The van der Waals surface area contributed by atoms with Gasteiger partial charge in [-0.15, -0.1) is 0 Å². The lowest BCUT2D eigenvalue weighted by molar-refractivity contribution is -0.147. The van der Waals surface area contributed by atoms with E-state index in [0.29, 0.717) is 12.1 Å². The Morgan fingerprint density at radius 3 is 2.52 bits per heavy atom. The fraction of sp³-hybridized carbons (Fsp3) is 0.500. The van der Waals surface area contributed by atoms with E-state index in [2.05, 4.69) is 0 Å². The first-order valence-corrected chi connectivity index (χ1v) is 7.13. The molecule has 112 valence electrons. The van der Waals surface area contributed by atoms with Gasteiger partial charge in [0.15, 0.2) is 5.54 Å². The molecule has 21 heavy (non-hydrogen) atoms. The molecule has 2 unspecified atom stereocenters. The summed E-state index contributed by atoms with van der Waals surface area (Å²) < 4.78 is 5.43. The number of aliphatic carboxylic acids is 1. The minimum Gasteiger partial charge on any atom is -0.479 e. The Kier molecular flexibility index (Phi) is 2.80. The number of hydrogen-bond acceptors (Lipinski definition) is 3. The fourth-order valence-corrected chi connectivity index (χ4v) is 3.36. The third-order valence-electron chi connectivity index (χ3n) is 4.29. The summed E-state index contributed by atoms with van der Waals surface area (Å²) in [4.78, 5) is 25.8. The summed E-state index contributed by atoms with van der Waals surface area (Å²) in [6.07, 6.45) is 0.656. The van der Waals surface area contributed by atoms with Crippen LogP contribution in [-0.4, -0.2) is 28.3 Å². The first-order valence-electron chi connectivity index (χ1n) is 7.13. The molecule has 1 aliphatic carbocycles. The predicted octanol–water partition coefficient (Wildman–Crippen LogP) is 3.14. The predicted molar refractivity (Wildman–Crippen MR) is 77.5 cm³/mol. The first kappa shape index (κ1) is 13.9. The maximum absolute atomic E-state index is 12.6. The number of carbonyl (C=O) groups is 2. The van der Waals surface area contributed by atoms with Gasteiger partial charge < -0.3 is 9.84 Å². The molecule has 1 heterocycles. The smallest absolute Gasteiger partial charge is 0.415 e. The molecule has 2 aliphatic rings. The summed E-state index contributed by atoms with van der Waals surface area (Å²) in [5.41, 5.74) is -0.242. The van der Waals surface area contributed by atoms with E-state index in [1.54, 1.807) is 26.8 Å². The number of nitrogens with zero attached hydrogens (tertiary/aromatic N) is 1. The highest BCUT2D eigenvalue weighted by Crippen LogP contribution is 2.59. The molecule has 5 nitrogen and oxygen atoms in total. The Hall–Kier alpha value is -2.04. The largest absolute Gasteiger partial charge is 0.479 e. The second-order valence-corrected chi connectivity index (χ2v) is 6.70. The third-order valence-corrected chi connectivity index (χ3v) is 4.29. The van der Waals surface area contributed by atoms with Gasteiger partial charge in [-0.25, -0.2) is 9.59 Å². The van der Waals surface area contributed by atoms with Crippen LogP contribution in [0.1, 0.15) is 45.1 Å². The van der Waals surface area contributed by atoms with E-state index in [0.717, 1.165) is 12.0 Å². The van der Waals surface area contributed by atoms with Crippen LogP contribution in [0.15, 0.2) is 24.3 Å². The van der Waals surface area contributed by atoms with E-state index in [1.165, 1.54) is 4.90 Å². The van der Waals surface area contributed by atoms with Crippen molar-refractivity contribution in [2.75, 3.05) is 4.90 Å². The van der Waals surface area contributed by atoms with Gasteiger partial charge in [-0.1, -0.05) is 18.2 Å². The zero-order valence-electron chi connectivity index (χ0n) is 12.4. The molecule has 1 amide bonds. The van der Waals surface area contributed by atoms with E-state index in [1.807, 2.05) is 18.2 Å². The Morgan fingerprint density at radius 2 is 2.00 bits per heavy atom. The molecule has 0 radical (unpaired) electrons. The van der Waals surface area contributed by atoms with Gasteiger partial charge in [0.1, 0.15) is 5.60 Å². The van der Waals surface area contributed by atoms with Gasteiger partial charge >= 0.3 is 12.1 Å². The first-order chi connectivity index (χ1) is 9.77. The highest BCUT2D eigenvalue weighted by Gasteiger charge is 2.65. The van der Waals surface area contributed by atoms with Gasteiger partial charge in [0.2, 0.25) is 0 Å². The minimum absolute atomic E-state index is 0.140. The molecule has 0 spiro atoms. The van der Waals surface area contributed by atoms with E-state index >= 15 is 0 Å². The Morgan fingerprint density at radius 1 is 1.33 bits per heavy atom. The highest BCUT2D eigenvalue weighted by atomic mass is 16.6. The van der Waals surface area contributed by atoms with Gasteiger partial charge in [0.25, 0.3) is 0 Å². The van der Waals surface area contributed by atoms with Crippen molar-refractivity contribution < 1.29 is 19.4 Å². The van der Waals surface area contributed by atoms with E-state index in [4.69, 9.17) is 4.74 Å². The molecule has 1 aliphatic heterocycles. The van der Waals surface area contributed by atoms with Crippen molar-refractivity contribution in [3.63, 3.8) is 0 Å². The SMILES string of the molecule is CC(C)(C)OC(=O)N1c2ccccc2C2CCC21C(=O)O. The Balaban J connectivity index is 2.07. The molecule has 0 aromatic heterocycles. The lowest BCUT2D eigenvalue weighted by atomic mass is 9.65. The monoisotopic (exact) mass is 289 g/mol. The van der Waals surface area contributed by atoms with Gasteiger partial charge in [0.05, 0.1) is 5.69 Å². The van der Waals surface area contributed by atoms with Crippen LogP contribution in [0.5, 0.6) is 0 Å². The summed E-state index contributed by atoms with van der Waals surface area (Å²) in [7, 11) is 0. The molecular formula is C16H19NO4.